The smallest absolute Gasteiger partial charge is 0.342 e. The lowest BCUT2D eigenvalue weighted by atomic mass is 9.82. The summed E-state index contributed by atoms with van der Waals surface area (Å²) in [5.74, 6) is -0.0735. The number of hydrogen-bond donors (Lipinski definition) is 3. The summed E-state index contributed by atoms with van der Waals surface area (Å²) in [7, 11) is 0. The van der Waals surface area contributed by atoms with Crippen molar-refractivity contribution >= 4 is 17.6 Å². The summed E-state index contributed by atoms with van der Waals surface area (Å²) in [6.45, 7) is 2.42. The standard InChI is InChI=1S/C28H27N5O3/c1-18-5-2-3-6-21(18)17-30-28(36)33-25(19-7-4-8-19)16-24(32-33)23-10-9-22(15-26(23)34)31-27(35)20-11-13-29-14-12-20/h2-3,5-6,9-16,19,34H,4,7-8,17H2,1H3,(H,30,36)(H,31,35). The maximum absolute atomic E-state index is 13.1. The Bertz CT molecular complexity index is 1410. The molecule has 2 aromatic heterocycles. The second kappa shape index (κ2) is 10.0. The number of hydrogen-bond acceptors (Lipinski definition) is 5. The van der Waals surface area contributed by atoms with Gasteiger partial charge < -0.3 is 15.7 Å². The van der Waals surface area contributed by atoms with Gasteiger partial charge >= 0.3 is 6.03 Å². The molecule has 0 atom stereocenters. The number of benzene rings is 2. The van der Waals surface area contributed by atoms with Crippen LogP contribution in [0.25, 0.3) is 11.3 Å². The van der Waals surface area contributed by atoms with Crippen LogP contribution in [0.2, 0.25) is 0 Å². The Kier molecular flexibility index (Phi) is 6.49. The average Bonchev–Trinajstić information content (AvgIpc) is 3.27. The highest BCUT2D eigenvalue weighted by molar-refractivity contribution is 6.04. The number of pyridine rings is 1. The van der Waals surface area contributed by atoms with E-state index in [4.69, 9.17) is 0 Å². The van der Waals surface area contributed by atoms with E-state index < -0.39 is 0 Å². The summed E-state index contributed by atoms with van der Waals surface area (Å²) < 4.78 is 1.43. The predicted octanol–water partition coefficient (Wildman–Crippen LogP) is 5.24. The number of amides is 2. The van der Waals surface area contributed by atoms with Gasteiger partial charge in [-0.25, -0.2) is 4.79 Å². The zero-order valence-electron chi connectivity index (χ0n) is 19.9. The first kappa shape index (κ1) is 23.3. The fourth-order valence-corrected chi connectivity index (χ4v) is 4.27. The summed E-state index contributed by atoms with van der Waals surface area (Å²) in [6.07, 6.45) is 6.21. The van der Waals surface area contributed by atoms with Crippen LogP contribution >= 0.6 is 0 Å². The van der Waals surface area contributed by atoms with Crippen LogP contribution in [0, 0.1) is 6.92 Å². The number of anilines is 1. The first-order valence-corrected chi connectivity index (χ1v) is 12.0. The highest BCUT2D eigenvalue weighted by Gasteiger charge is 2.27. The average molecular weight is 482 g/mol. The highest BCUT2D eigenvalue weighted by atomic mass is 16.3. The molecule has 2 amide bonds. The van der Waals surface area contributed by atoms with Crippen LogP contribution < -0.4 is 10.6 Å². The Hall–Kier alpha value is -4.46. The van der Waals surface area contributed by atoms with Crippen LogP contribution in [0.1, 0.15) is 52.4 Å². The molecule has 0 spiro atoms. The molecular formula is C28H27N5O3. The fraction of sp³-hybridized carbons (Fsp3) is 0.214. The van der Waals surface area contributed by atoms with E-state index in [9.17, 15) is 14.7 Å². The molecule has 0 saturated heterocycles. The van der Waals surface area contributed by atoms with E-state index in [-0.39, 0.29) is 23.6 Å². The molecule has 2 aromatic carbocycles. The largest absolute Gasteiger partial charge is 0.507 e. The maximum Gasteiger partial charge on any atom is 0.342 e. The van der Waals surface area contributed by atoms with Crippen LogP contribution in [-0.4, -0.2) is 31.8 Å². The van der Waals surface area contributed by atoms with Crippen LogP contribution in [-0.2, 0) is 6.54 Å². The third-order valence-electron chi connectivity index (χ3n) is 6.62. The number of rotatable bonds is 6. The monoisotopic (exact) mass is 481 g/mol. The van der Waals surface area contributed by atoms with Crippen molar-refractivity contribution in [3.05, 3.63) is 95.4 Å². The van der Waals surface area contributed by atoms with Crippen LogP contribution in [0.4, 0.5) is 10.5 Å². The molecule has 0 unspecified atom stereocenters. The van der Waals surface area contributed by atoms with Crippen molar-refractivity contribution in [2.75, 3.05) is 5.32 Å². The van der Waals surface area contributed by atoms with Gasteiger partial charge in [0.05, 0.1) is 11.4 Å². The molecule has 1 fully saturated rings. The third-order valence-corrected chi connectivity index (χ3v) is 6.62. The number of nitrogens with one attached hydrogen (secondary N) is 2. The summed E-state index contributed by atoms with van der Waals surface area (Å²) >= 11 is 0. The normalized spacial score (nSPS) is 13.1. The number of carbonyl (C=O) groups excluding carboxylic acids is 2. The second-order valence-electron chi connectivity index (χ2n) is 9.00. The van der Waals surface area contributed by atoms with Crippen LogP contribution in [0.3, 0.4) is 0 Å². The molecular weight excluding hydrogens is 454 g/mol. The van der Waals surface area contributed by atoms with Crippen LogP contribution in [0.5, 0.6) is 5.75 Å². The molecule has 1 saturated carbocycles. The lowest BCUT2D eigenvalue weighted by molar-refractivity contribution is 0.102. The van der Waals surface area contributed by atoms with E-state index in [0.29, 0.717) is 29.1 Å². The van der Waals surface area contributed by atoms with Gasteiger partial charge in [-0.15, -0.1) is 0 Å². The molecule has 0 bridgehead atoms. The van der Waals surface area contributed by atoms with Crippen molar-refractivity contribution in [2.24, 2.45) is 0 Å². The Morgan fingerprint density at radius 2 is 1.83 bits per heavy atom. The molecule has 182 valence electrons. The van der Waals surface area contributed by atoms with E-state index in [1.807, 2.05) is 37.3 Å². The molecule has 4 aromatic rings. The van der Waals surface area contributed by atoms with Gasteiger partial charge in [0.1, 0.15) is 5.75 Å². The number of aromatic hydroxyl groups is 1. The molecule has 1 aliphatic carbocycles. The molecule has 8 heteroatoms. The van der Waals surface area contributed by atoms with Crippen molar-refractivity contribution < 1.29 is 14.7 Å². The summed E-state index contributed by atoms with van der Waals surface area (Å²) in [5, 5.41) is 21.1. The van der Waals surface area contributed by atoms with Crippen molar-refractivity contribution in [3.63, 3.8) is 0 Å². The fourth-order valence-electron chi connectivity index (χ4n) is 4.27. The van der Waals surface area contributed by atoms with Gasteiger partial charge in [-0.2, -0.15) is 9.78 Å². The Morgan fingerprint density at radius 3 is 2.53 bits per heavy atom. The summed E-state index contributed by atoms with van der Waals surface area (Å²) in [5.41, 5.74) is 4.91. The van der Waals surface area contributed by atoms with Gasteiger partial charge in [0, 0.05) is 47.7 Å². The van der Waals surface area contributed by atoms with Crippen molar-refractivity contribution in [1.82, 2.24) is 20.1 Å². The number of aromatic nitrogens is 3. The number of phenols is 1. The molecule has 36 heavy (non-hydrogen) atoms. The molecule has 0 radical (unpaired) electrons. The first-order valence-electron chi connectivity index (χ1n) is 12.0. The molecule has 8 nitrogen and oxygen atoms in total. The lowest BCUT2D eigenvalue weighted by Crippen LogP contribution is -2.31. The highest BCUT2D eigenvalue weighted by Crippen LogP contribution is 2.39. The number of phenolic OH excluding ortho intramolecular Hbond substituents is 1. The molecule has 5 rings (SSSR count). The maximum atomic E-state index is 13.1. The van der Waals surface area contributed by atoms with Gasteiger partial charge in [-0.1, -0.05) is 30.7 Å². The first-order chi connectivity index (χ1) is 17.5. The summed E-state index contributed by atoms with van der Waals surface area (Å²) in [4.78, 5) is 29.4. The van der Waals surface area contributed by atoms with Crippen LogP contribution in [0.15, 0.2) is 73.1 Å². The quantitative estimate of drug-likeness (QED) is 0.349. The van der Waals surface area contributed by atoms with E-state index in [0.717, 1.165) is 36.1 Å². The number of aryl methyl sites for hydroxylation is 1. The van der Waals surface area contributed by atoms with Crippen molar-refractivity contribution in [1.29, 1.82) is 0 Å². The minimum absolute atomic E-state index is 0.0346. The van der Waals surface area contributed by atoms with Crippen molar-refractivity contribution in [3.8, 4) is 17.0 Å². The second-order valence-corrected chi connectivity index (χ2v) is 9.00. The Balaban J connectivity index is 1.37. The van der Waals surface area contributed by atoms with Crippen molar-refractivity contribution in [2.45, 2.75) is 38.6 Å². The zero-order chi connectivity index (χ0) is 25.1. The van der Waals surface area contributed by atoms with Gasteiger partial charge in [0.2, 0.25) is 0 Å². The van der Waals surface area contributed by atoms with E-state index >= 15 is 0 Å². The van der Waals surface area contributed by atoms with Gasteiger partial charge in [0.25, 0.3) is 5.91 Å². The van der Waals surface area contributed by atoms with E-state index in [1.54, 1.807) is 36.7 Å². The topological polar surface area (TPSA) is 109 Å². The molecule has 2 heterocycles. The van der Waals surface area contributed by atoms with Gasteiger partial charge in [-0.3, -0.25) is 9.78 Å². The molecule has 1 aliphatic rings. The molecule has 3 N–H and O–H groups in total. The van der Waals surface area contributed by atoms with E-state index in [2.05, 4.69) is 20.7 Å². The number of nitrogens with zero attached hydrogens (tertiary/aromatic N) is 3. The minimum Gasteiger partial charge on any atom is -0.507 e. The number of carbonyl (C=O) groups is 2. The van der Waals surface area contributed by atoms with E-state index in [1.165, 1.54) is 10.7 Å². The van der Waals surface area contributed by atoms with Gasteiger partial charge in [-0.05, 0) is 61.2 Å². The summed E-state index contributed by atoms with van der Waals surface area (Å²) in [6, 6.07) is 17.6. The minimum atomic E-state index is -0.300. The SMILES string of the molecule is Cc1ccccc1CNC(=O)n1nc(-c2ccc(NC(=O)c3ccncc3)cc2O)cc1C1CCC1. The predicted molar refractivity (Wildman–Crippen MR) is 137 cm³/mol. The third kappa shape index (κ3) is 4.84. The lowest BCUT2D eigenvalue weighted by Gasteiger charge is -2.25. The molecule has 0 aliphatic heterocycles. The Morgan fingerprint density at radius 1 is 1.06 bits per heavy atom. The Labute approximate surface area is 209 Å². The van der Waals surface area contributed by atoms with Gasteiger partial charge in [0.15, 0.2) is 0 Å². The zero-order valence-corrected chi connectivity index (χ0v) is 19.9.